The number of hydrogen-bond donors (Lipinski definition) is 3. The smallest absolute Gasteiger partial charge is 0.191 e. The van der Waals surface area contributed by atoms with Gasteiger partial charge in [-0.15, -0.1) is 0 Å². The van der Waals surface area contributed by atoms with Gasteiger partial charge in [-0.25, -0.2) is 0 Å². The van der Waals surface area contributed by atoms with Crippen molar-refractivity contribution in [3.63, 3.8) is 0 Å². The Bertz CT molecular complexity index is 703. The van der Waals surface area contributed by atoms with Gasteiger partial charge in [-0.05, 0) is 37.8 Å². The average molecular weight is 432 g/mol. The number of β-amino-alcohol motifs (C(OH)–C–C–N with tert-alkyl or cyclic N) is 1. The molecule has 0 amide bonds. The summed E-state index contributed by atoms with van der Waals surface area (Å²) in [6.07, 6.45) is 2.20. The minimum Gasteiger partial charge on any atom is -0.387 e. The van der Waals surface area contributed by atoms with Gasteiger partial charge in [-0.1, -0.05) is 31.2 Å². The van der Waals surface area contributed by atoms with Crippen LogP contribution < -0.4 is 10.6 Å². The molecule has 7 heteroatoms. The van der Waals surface area contributed by atoms with Crippen LogP contribution in [0.15, 0.2) is 29.3 Å². The van der Waals surface area contributed by atoms with Crippen LogP contribution in [0.25, 0.3) is 0 Å². The minimum absolute atomic E-state index is 0.369. The fourth-order valence-corrected chi connectivity index (χ4v) is 4.46. The molecule has 0 aromatic heterocycles. The summed E-state index contributed by atoms with van der Waals surface area (Å²) in [4.78, 5) is 9.53. The predicted octanol–water partition coefficient (Wildman–Crippen LogP) is 1.46. The van der Waals surface area contributed by atoms with Crippen LogP contribution in [0.4, 0.5) is 0 Å². The highest BCUT2D eigenvalue weighted by Gasteiger charge is 2.26. The maximum atomic E-state index is 10.9. The van der Waals surface area contributed by atoms with Crippen LogP contribution in [0.2, 0.25) is 0 Å². The molecule has 2 aliphatic rings. The van der Waals surface area contributed by atoms with Crippen molar-refractivity contribution in [3.8, 4) is 0 Å². The van der Waals surface area contributed by atoms with Crippen molar-refractivity contribution in [2.24, 2.45) is 4.99 Å². The Balaban J connectivity index is 1.53. The molecule has 0 aliphatic carbocycles. The van der Waals surface area contributed by atoms with E-state index >= 15 is 0 Å². The summed E-state index contributed by atoms with van der Waals surface area (Å²) in [5, 5.41) is 17.7. The Hall–Kier alpha value is -1.67. The van der Waals surface area contributed by atoms with Gasteiger partial charge in [0.25, 0.3) is 0 Å². The number of rotatable bonds is 9. The minimum atomic E-state index is -0.861. The van der Waals surface area contributed by atoms with Crippen molar-refractivity contribution in [1.29, 1.82) is 0 Å². The molecule has 2 atom stereocenters. The van der Waals surface area contributed by atoms with Crippen molar-refractivity contribution in [3.05, 3.63) is 35.4 Å². The van der Waals surface area contributed by atoms with Crippen molar-refractivity contribution in [1.82, 2.24) is 20.4 Å². The lowest BCUT2D eigenvalue weighted by atomic mass is 9.98. The topological polar surface area (TPSA) is 72.4 Å². The molecule has 7 nitrogen and oxygen atoms in total. The highest BCUT2D eigenvalue weighted by atomic mass is 16.5. The first-order valence-electron chi connectivity index (χ1n) is 11.9. The number of guanidine groups is 1. The number of ether oxygens (including phenoxy) is 1. The van der Waals surface area contributed by atoms with Crippen molar-refractivity contribution < 1.29 is 9.84 Å². The normalized spacial score (nSPS) is 21.2. The zero-order chi connectivity index (χ0) is 22.1. The van der Waals surface area contributed by atoms with Gasteiger partial charge in [0.05, 0.1) is 25.4 Å². The molecule has 2 unspecified atom stereocenters. The molecule has 0 bridgehead atoms. The molecule has 1 aromatic carbocycles. The molecular weight excluding hydrogens is 390 g/mol. The molecule has 0 saturated carbocycles. The first-order valence-corrected chi connectivity index (χ1v) is 11.9. The third-order valence-corrected chi connectivity index (χ3v) is 6.24. The van der Waals surface area contributed by atoms with E-state index in [2.05, 4.69) is 58.5 Å². The summed E-state index contributed by atoms with van der Waals surface area (Å²) >= 11 is 0. The summed E-state index contributed by atoms with van der Waals surface area (Å²) in [5.74, 6) is 0.778. The summed E-state index contributed by atoms with van der Waals surface area (Å²) in [6.45, 7) is 14.1. The Kier molecular flexibility index (Phi) is 9.14. The van der Waals surface area contributed by atoms with Crippen LogP contribution in [0.3, 0.4) is 0 Å². The first-order chi connectivity index (χ1) is 15.0. The second-order valence-corrected chi connectivity index (χ2v) is 9.01. The van der Waals surface area contributed by atoms with Crippen LogP contribution in [-0.4, -0.2) is 91.5 Å². The number of aliphatic hydroxyl groups is 1. The maximum Gasteiger partial charge on any atom is 0.191 e. The van der Waals surface area contributed by atoms with Gasteiger partial charge in [0.2, 0.25) is 0 Å². The molecule has 2 aliphatic heterocycles. The lowest BCUT2D eigenvalue weighted by Crippen LogP contribution is -2.50. The van der Waals surface area contributed by atoms with Crippen molar-refractivity contribution in [2.75, 3.05) is 59.0 Å². The van der Waals surface area contributed by atoms with Crippen LogP contribution in [0.5, 0.6) is 0 Å². The number of benzene rings is 1. The Morgan fingerprint density at radius 1 is 1.16 bits per heavy atom. The first kappa shape index (κ1) is 24.0. The van der Waals surface area contributed by atoms with Gasteiger partial charge >= 0.3 is 0 Å². The predicted molar refractivity (Wildman–Crippen MR) is 126 cm³/mol. The van der Waals surface area contributed by atoms with E-state index in [1.54, 1.807) is 0 Å². The zero-order valence-corrected chi connectivity index (χ0v) is 19.6. The summed E-state index contributed by atoms with van der Waals surface area (Å²) in [6, 6.07) is 9.24. The summed E-state index contributed by atoms with van der Waals surface area (Å²) in [7, 11) is 0. The lowest BCUT2D eigenvalue weighted by Gasteiger charge is -2.35. The molecule has 2 heterocycles. The number of fused-ring (bicyclic) bond motifs is 1. The standard InChI is InChI=1S/C24H41N5O2/c1-4-22(29-11-10-20-8-6-7-9-21(20)17-29)16-26-23(25-5-2)27-18-24(3,30)19-28-12-14-31-15-13-28/h6-9,22,30H,4-5,10-19H2,1-3H3,(H2,25,26,27). The number of nitrogens with one attached hydrogen (secondary N) is 2. The molecule has 3 rings (SSSR count). The molecule has 1 aromatic rings. The number of hydrogen-bond acceptors (Lipinski definition) is 5. The Morgan fingerprint density at radius 3 is 2.61 bits per heavy atom. The number of morpholine rings is 1. The van der Waals surface area contributed by atoms with Crippen LogP contribution in [-0.2, 0) is 17.7 Å². The molecule has 0 spiro atoms. The van der Waals surface area contributed by atoms with E-state index in [0.717, 1.165) is 71.3 Å². The van der Waals surface area contributed by atoms with Gasteiger partial charge in [-0.2, -0.15) is 0 Å². The molecule has 1 fully saturated rings. The van der Waals surface area contributed by atoms with Crippen LogP contribution in [0, 0.1) is 0 Å². The molecule has 1 saturated heterocycles. The maximum absolute atomic E-state index is 10.9. The molecular formula is C24H41N5O2. The van der Waals surface area contributed by atoms with Gasteiger partial charge in [0.15, 0.2) is 5.96 Å². The van der Waals surface area contributed by atoms with Gasteiger partial charge in [0, 0.05) is 51.9 Å². The van der Waals surface area contributed by atoms with E-state index in [0.29, 0.717) is 19.1 Å². The van der Waals surface area contributed by atoms with E-state index in [1.165, 1.54) is 11.1 Å². The number of aliphatic imine (C=N–C) groups is 1. The molecule has 3 N–H and O–H groups in total. The number of nitrogens with zero attached hydrogens (tertiary/aromatic N) is 3. The SMILES string of the molecule is CCNC(=NCC(C)(O)CN1CCOCC1)NCC(CC)N1CCc2ccccc2C1. The van der Waals surface area contributed by atoms with Crippen molar-refractivity contribution in [2.45, 2.75) is 51.8 Å². The van der Waals surface area contributed by atoms with E-state index in [9.17, 15) is 5.11 Å². The fourth-order valence-electron chi connectivity index (χ4n) is 4.46. The van der Waals surface area contributed by atoms with Gasteiger partial charge < -0.3 is 20.5 Å². The largest absolute Gasteiger partial charge is 0.387 e. The average Bonchev–Trinajstić information content (AvgIpc) is 2.78. The van der Waals surface area contributed by atoms with Crippen LogP contribution >= 0.6 is 0 Å². The summed E-state index contributed by atoms with van der Waals surface area (Å²) in [5.41, 5.74) is 2.08. The molecule has 0 radical (unpaired) electrons. The van der Waals surface area contributed by atoms with E-state index in [1.807, 2.05) is 6.92 Å². The highest BCUT2D eigenvalue weighted by molar-refractivity contribution is 5.79. The van der Waals surface area contributed by atoms with Crippen LogP contribution in [0.1, 0.15) is 38.3 Å². The second kappa shape index (κ2) is 11.8. The van der Waals surface area contributed by atoms with E-state index < -0.39 is 5.60 Å². The molecule has 31 heavy (non-hydrogen) atoms. The fraction of sp³-hybridized carbons (Fsp3) is 0.708. The summed E-state index contributed by atoms with van der Waals surface area (Å²) < 4.78 is 5.40. The Labute approximate surface area is 187 Å². The third-order valence-electron chi connectivity index (χ3n) is 6.24. The zero-order valence-electron chi connectivity index (χ0n) is 19.6. The quantitative estimate of drug-likeness (QED) is 0.406. The van der Waals surface area contributed by atoms with Gasteiger partial charge in [-0.3, -0.25) is 14.8 Å². The molecule has 174 valence electrons. The Morgan fingerprint density at radius 2 is 1.90 bits per heavy atom. The van der Waals surface area contributed by atoms with Gasteiger partial charge in [0.1, 0.15) is 0 Å². The lowest BCUT2D eigenvalue weighted by molar-refractivity contribution is -0.0180. The van der Waals surface area contributed by atoms with Crippen molar-refractivity contribution >= 4 is 5.96 Å². The third kappa shape index (κ3) is 7.45. The monoisotopic (exact) mass is 431 g/mol. The second-order valence-electron chi connectivity index (χ2n) is 9.01. The van der Waals surface area contributed by atoms with E-state index in [-0.39, 0.29) is 0 Å². The van der Waals surface area contributed by atoms with E-state index in [4.69, 9.17) is 9.73 Å². The highest BCUT2D eigenvalue weighted by Crippen LogP contribution is 2.21.